The monoisotopic (exact) mass is 300 g/mol. The summed E-state index contributed by atoms with van der Waals surface area (Å²) < 4.78 is 0. The van der Waals surface area contributed by atoms with Crippen molar-refractivity contribution in [3.8, 4) is 11.5 Å². The maximum atomic E-state index is 9.46. The summed E-state index contributed by atoms with van der Waals surface area (Å²) in [5.41, 5.74) is 4.36. The molecule has 22 heavy (non-hydrogen) atoms. The number of hydrogen-bond acceptors (Lipinski definition) is 2. The first kappa shape index (κ1) is 18.1. The van der Waals surface area contributed by atoms with Gasteiger partial charge in [-0.2, -0.15) is 0 Å². The fourth-order valence-corrected chi connectivity index (χ4v) is 2.41. The van der Waals surface area contributed by atoms with Crippen molar-refractivity contribution >= 4 is 0 Å². The smallest absolute Gasteiger partial charge is 0.119 e. The van der Waals surface area contributed by atoms with E-state index in [1.807, 2.05) is 32.0 Å². The Morgan fingerprint density at radius 2 is 1.32 bits per heavy atom. The molecule has 0 atom stereocenters. The van der Waals surface area contributed by atoms with Gasteiger partial charge in [-0.3, -0.25) is 0 Å². The van der Waals surface area contributed by atoms with Crippen molar-refractivity contribution < 1.29 is 10.2 Å². The van der Waals surface area contributed by atoms with Crippen LogP contribution in [0.15, 0.2) is 36.4 Å². The van der Waals surface area contributed by atoms with Crippen molar-refractivity contribution in [2.45, 2.75) is 53.4 Å². The van der Waals surface area contributed by atoms with E-state index in [-0.39, 0.29) is 0 Å². The summed E-state index contributed by atoms with van der Waals surface area (Å²) in [6.07, 6.45) is 0. The quantitative estimate of drug-likeness (QED) is 0.752. The summed E-state index contributed by atoms with van der Waals surface area (Å²) >= 11 is 0. The second kappa shape index (κ2) is 7.88. The van der Waals surface area contributed by atoms with E-state index in [4.69, 9.17) is 0 Å². The first-order valence-corrected chi connectivity index (χ1v) is 7.82. The van der Waals surface area contributed by atoms with Crippen LogP contribution in [-0.2, 0) is 0 Å². The molecule has 2 aromatic carbocycles. The van der Waals surface area contributed by atoms with E-state index in [0.717, 1.165) is 16.7 Å². The maximum Gasteiger partial charge on any atom is 0.119 e. The minimum atomic E-state index is 0.399. The van der Waals surface area contributed by atoms with Crippen LogP contribution in [0, 0.1) is 13.8 Å². The van der Waals surface area contributed by atoms with Gasteiger partial charge in [0, 0.05) is 0 Å². The molecule has 0 aliphatic rings. The summed E-state index contributed by atoms with van der Waals surface area (Å²) in [6.45, 7) is 12.3. The molecule has 0 aromatic heterocycles. The number of rotatable bonds is 2. The molecule has 0 fully saturated rings. The third kappa shape index (κ3) is 4.80. The minimum Gasteiger partial charge on any atom is -0.508 e. The van der Waals surface area contributed by atoms with Crippen molar-refractivity contribution in [3.05, 3.63) is 58.7 Å². The number of phenolic OH excluding ortho intramolecular Hbond substituents is 2. The molecular formula is C20H28O2. The van der Waals surface area contributed by atoms with E-state index in [1.54, 1.807) is 12.1 Å². The normalized spacial score (nSPS) is 10.5. The Bertz CT molecular complexity index is 613. The van der Waals surface area contributed by atoms with Crippen molar-refractivity contribution in [2.75, 3.05) is 0 Å². The summed E-state index contributed by atoms with van der Waals surface area (Å²) in [4.78, 5) is 0. The summed E-state index contributed by atoms with van der Waals surface area (Å²) in [5.74, 6) is 1.70. The van der Waals surface area contributed by atoms with Gasteiger partial charge in [0.15, 0.2) is 0 Å². The van der Waals surface area contributed by atoms with Crippen molar-refractivity contribution in [3.63, 3.8) is 0 Å². The highest BCUT2D eigenvalue weighted by Crippen LogP contribution is 2.26. The van der Waals surface area contributed by atoms with Crippen LogP contribution in [-0.4, -0.2) is 10.2 Å². The van der Waals surface area contributed by atoms with Crippen LogP contribution < -0.4 is 0 Å². The number of phenols is 2. The average Bonchev–Trinajstić information content (AvgIpc) is 2.41. The Morgan fingerprint density at radius 1 is 0.727 bits per heavy atom. The van der Waals surface area contributed by atoms with Crippen LogP contribution in [0.1, 0.15) is 61.8 Å². The number of aryl methyl sites for hydroxylation is 1. The highest BCUT2D eigenvalue weighted by Gasteiger charge is 2.05. The molecule has 2 nitrogen and oxygen atoms in total. The van der Waals surface area contributed by atoms with E-state index in [0.29, 0.717) is 23.3 Å². The zero-order chi connectivity index (χ0) is 16.9. The van der Waals surface area contributed by atoms with Crippen LogP contribution in [0.2, 0.25) is 0 Å². The van der Waals surface area contributed by atoms with Crippen LogP contribution in [0.5, 0.6) is 11.5 Å². The Kier molecular flexibility index (Phi) is 6.48. The molecule has 2 heteroatoms. The first-order chi connectivity index (χ1) is 10.2. The van der Waals surface area contributed by atoms with Gasteiger partial charge in [0.2, 0.25) is 0 Å². The van der Waals surface area contributed by atoms with Crippen molar-refractivity contribution in [1.82, 2.24) is 0 Å². The fourth-order valence-electron chi connectivity index (χ4n) is 2.41. The highest BCUT2D eigenvalue weighted by atomic mass is 16.3. The van der Waals surface area contributed by atoms with E-state index < -0.39 is 0 Å². The topological polar surface area (TPSA) is 40.5 Å². The molecule has 120 valence electrons. The molecule has 0 aliphatic heterocycles. The van der Waals surface area contributed by atoms with Crippen molar-refractivity contribution in [2.24, 2.45) is 0 Å². The molecular weight excluding hydrogens is 272 g/mol. The fraction of sp³-hybridized carbons (Fsp3) is 0.400. The summed E-state index contributed by atoms with van der Waals surface area (Å²) in [6, 6.07) is 11.5. The summed E-state index contributed by atoms with van der Waals surface area (Å²) in [7, 11) is 0. The Labute approximate surface area is 134 Å². The Morgan fingerprint density at radius 3 is 1.77 bits per heavy atom. The second-order valence-electron chi connectivity index (χ2n) is 6.36. The van der Waals surface area contributed by atoms with Gasteiger partial charge in [-0.1, -0.05) is 52.0 Å². The summed E-state index contributed by atoms with van der Waals surface area (Å²) in [5, 5.41) is 18.8. The highest BCUT2D eigenvalue weighted by molar-refractivity contribution is 5.39. The molecule has 0 saturated carbocycles. The Balaban J connectivity index is 0.000000220. The molecule has 0 radical (unpaired) electrons. The predicted molar refractivity (Wildman–Crippen MR) is 93.9 cm³/mol. The zero-order valence-corrected chi connectivity index (χ0v) is 14.5. The largest absolute Gasteiger partial charge is 0.508 e. The third-order valence-corrected chi connectivity index (χ3v) is 3.78. The molecule has 2 N–H and O–H groups in total. The minimum absolute atomic E-state index is 0.399. The van der Waals surface area contributed by atoms with Gasteiger partial charge in [-0.25, -0.2) is 0 Å². The average molecular weight is 300 g/mol. The molecule has 0 aliphatic carbocycles. The second-order valence-corrected chi connectivity index (χ2v) is 6.36. The van der Waals surface area contributed by atoms with Crippen molar-refractivity contribution in [1.29, 1.82) is 0 Å². The molecule has 2 rings (SSSR count). The third-order valence-electron chi connectivity index (χ3n) is 3.78. The molecule has 0 heterocycles. The SMILES string of the molecule is Cc1c(O)cccc1C(C)C.Cc1ccc(C(C)C)c(O)c1. The van der Waals surface area contributed by atoms with E-state index >= 15 is 0 Å². The number of hydrogen-bond donors (Lipinski definition) is 2. The van der Waals surface area contributed by atoms with Crippen LogP contribution in [0.3, 0.4) is 0 Å². The number of aromatic hydroxyl groups is 2. The van der Waals surface area contributed by atoms with Gasteiger partial charge < -0.3 is 10.2 Å². The van der Waals surface area contributed by atoms with Gasteiger partial charge in [0.25, 0.3) is 0 Å². The van der Waals surface area contributed by atoms with Gasteiger partial charge in [0.05, 0.1) is 0 Å². The lowest BCUT2D eigenvalue weighted by molar-refractivity contribution is 0.464. The van der Waals surface area contributed by atoms with Crippen LogP contribution >= 0.6 is 0 Å². The van der Waals surface area contributed by atoms with Gasteiger partial charge >= 0.3 is 0 Å². The molecule has 0 unspecified atom stereocenters. The lowest BCUT2D eigenvalue weighted by Gasteiger charge is -2.09. The molecule has 0 amide bonds. The van der Waals surface area contributed by atoms with Gasteiger partial charge in [0.1, 0.15) is 11.5 Å². The standard InChI is InChI=1S/2C10H14O/c1-7(2)9-5-4-8(3)6-10(9)11;1-7(2)9-5-4-6-10(11)8(9)3/h2*4-7,11H,1-3H3. The molecule has 0 saturated heterocycles. The van der Waals surface area contributed by atoms with Gasteiger partial charge in [-0.15, -0.1) is 0 Å². The maximum absolute atomic E-state index is 9.46. The van der Waals surface area contributed by atoms with Gasteiger partial charge in [-0.05, 0) is 60.1 Å². The lowest BCUT2D eigenvalue weighted by Crippen LogP contribution is -1.90. The van der Waals surface area contributed by atoms with E-state index in [9.17, 15) is 10.2 Å². The molecule has 2 aromatic rings. The first-order valence-electron chi connectivity index (χ1n) is 7.82. The predicted octanol–water partition coefficient (Wildman–Crippen LogP) is 5.65. The lowest BCUT2D eigenvalue weighted by atomic mass is 9.98. The van der Waals surface area contributed by atoms with Crippen LogP contribution in [0.25, 0.3) is 0 Å². The van der Waals surface area contributed by atoms with Crippen LogP contribution in [0.4, 0.5) is 0 Å². The Hall–Kier alpha value is -1.96. The van der Waals surface area contributed by atoms with E-state index in [1.165, 1.54) is 5.56 Å². The zero-order valence-electron chi connectivity index (χ0n) is 14.5. The molecule has 0 spiro atoms. The van der Waals surface area contributed by atoms with E-state index in [2.05, 4.69) is 33.8 Å². The molecule has 0 bridgehead atoms. The number of benzene rings is 2.